The molecule has 1 aromatic rings. The average molecular weight is 398 g/mol. The maximum absolute atomic E-state index is 12.8. The number of hydrogen-bond acceptors (Lipinski definition) is 7. The summed E-state index contributed by atoms with van der Waals surface area (Å²) in [6, 6.07) is 5.26. The van der Waals surface area contributed by atoms with E-state index in [9.17, 15) is 23.3 Å². The van der Waals surface area contributed by atoms with Gasteiger partial charge in [-0.3, -0.25) is 14.9 Å². The molecule has 0 spiro atoms. The number of nitro groups is 1. The van der Waals surface area contributed by atoms with E-state index in [0.717, 1.165) is 12.5 Å². The van der Waals surface area contributed by atoms with Crippen molar-refractivity contribution in [2.24, 2.45) is 5.73 Å². The molecule has 1 amide bonds. The number of piperazine rings is 1. The molecule has 0 saturated carbocycles. The lowest BCUT2D eigenvalue weighted by Gasteiger charge is -2.35. The van der Waals surface area contributed by atoms with Crippen LogP contribution < -0.4 is 5.73 Å². The molecule has 27 heavy (non-hydrogen) atoms. The SMILES string of the molecule is NC[C@H]1CC[C@@H](C(=O)N2CCN(S(=O)(=O)c3ccccc3[N+](=O)[O-])CC2)O1. The van der Waals surface area contributed by atoms with Crippen molar-refractivity contribution >= 4 is 21.6 Å². The van der Waals surface area contributed by atoms with Crippen LogP contribution in [0.2, 0.25) is 0 Å². The zero-order chi connectivity index (χ0) is 19.6. The zero-order valence-corrected chi connectivity index (χ0v) is 15.5. The van der Waals surface area contributed by atoms with Gasteiger partial charge in [0, 0.05) is 38.8 Å². The summed E-state index contributed by atoms with van der Waals surface area (Å²) in [5.41, 5.74) is 5.10. The van der Waals surface area contributed by atoms with Crippen molar-refractivity contribution in [3.8, 4) is 0 Å². The molecular weight excluding hydrogens is 376 g/mol. The number of nitrogens with zero attached hydrogens (tertiary/aromatic N) is 3. The van der Waals surface area contributed by atoms with E-state index in [0.29, 0.717) is 13.0 Å². The summed E-state index contributed by atoms with van der Waals surface area (Å²) in [4.78, 5) is 24.2. The van der Waals surface area contributed by atoms with E-state index in [2.05, 4.69) is 0 Å². The lowest BCUT2D eigenvalue weighted by atomic mass is 10.1. The third kappa shape index (κ3) is 3.95. The van der Waals surface area contributed by atoms with Crippen LogP contribution in [-0.4, -0.2) is 73.4 Å². The fourth-order valence-corrected chi connectivity index (χ4v) is 4.96. The number of sulfonamides is 1. The van der Waals surface area contributed by atoms with Gasteiger partial charge in [-0.1, -0.05) is 12.1 Å². The van der Waals surface area contributed by atoms with E-state index >= 15 is 0 Å². The number of amides is 1. The van der Waals surface area contributed by atoms with Crippen LogP contribution in [-0.2, 0) is 19.6 Å². The predicted octanol–water partition coefficient (Wildman–Crippen LogP) is -0.0660. The topological polar surface area (TPSA) is 136 Å². The normalized spacial score (nSPS) is 24.1. The van der Waals surface area contributed by atoms with Crippen molar-refractivity contribution < 1.29 is 22.9 Å². The number of hydrogen-bond donors (Lipinski definition) is 1. The summed E-state index contributed by atoms with van der Waals surface area (Å²) in [6.45, 7) is 0.948. The van der Waals surface area contributed by atoms with E-state index in [4.69, 9.17) is 10.5 Å². The van der Waals surface area contributed by atoms with Crippen LogP contribution in [0.25, 0.3) is 0 Å². The van der Waals surface area contributed by atoms with Crippen molar-refractivity contribution in [2.45, 2.75) is 29.9 Å². The van der Waals surface area contributed by atoms with Crippen molar-refractivity contribution in [1.29, 1.82) is 0 Å². The number of nitro benzene ring substituents is 1. The molecule has 2 atom stereocenters. The van der Waals surface area contributed by atoms with Crippen molar-refractivity contribution in [1.82, 2.24) is 9.21 Å². The van der Waals surface area contributed by atoms with E-state index in [-0.39, 0.29) is 43.1 Å². The summed E-state index contributed by atoms with van der Waals surface area (Å²) >= 11 is 0. The van der Waals surface area contributed by atoms with Crippen LogP contribution in [0.5, 0.6) is 0 Å². The quantitative estimate of drug-likeness (QED) is 0.542. The highest BCUT2D eigenvalue weighted by Crippen LogP contribution is 2.27. The third-order valence-corrected chi connectivity index (χ3v) is 6.82. The zero-order valence-electron chi connectivity index (χ0n) is 14.7. The van der Waals surface area contributed by atoms with Gasteiger partial charge in [-0.25, -0.2) is 8.42 Å². The van der Waals surface area contributed by atoms with E-state index in [1.165, 1.54) is 22.5 Å². The molecule has 10 nitrogen and oxygen atoms in total. The first-order chi connectivity index (χ1) is 12.8. The number of para-hydroxylation sites is 1. The van der Waals surface area contributed by atoms with Gasteiger partial charge in [0.2, 0.25) is 10.0 Å². The molecule has 0 aromatic heterocycles. The molecule has 0 bridgehead atoms. The minimum absolute atomic E-state index is 0.0765. The lowest BCUT2D eigenvalue weighted by Crippen LogP contribution is -2.52. The summed E-state index contributed by atoms with van der Waals surface area (Å²) in [5, 5.41) is 11.1. The Kier molecular flexibility index (Phi) is 5.75. The van der Waals surface area contributed by atoms with Crippen LogP contribution in [0.4, 0.5) is 5.69 Å². The number of ether oxygens (including phenoxy) is 1. The van der Waals surface area contributed by atoms with Crippen LogP contribution in [0.3, 0.4) is 0 Å². The Labute approximate surface area is 157 Å². The second kappa shape index (κ2) is 7.89. The first-order valence-corrected chi connectivity index (χ1v) is 10.2. The summed E-state index contributed by atoms with van der Waals surface area (Å²) in [6.07, 6.45) is 0.699. The van der Waals surface area contributed by atoms with Gasteiger partial charge < -0.3 is 15.4 Å². The molecule has 148 valence electrons. The first-order valence-electron chi connectivity index (χ1n) is 8.72. The molecule has 2 saturated heterocycles. The van der Waals surface area contributed by atoms with Crippen molar-refractivity contribution in [3.63, 3.8) is 0 Å². The first kappa shape index (κ1) is 19.7. The summed E-state index contributed by atoms with van der Waals surface area (Å²) in [5.74, 6) is -0.159. The van der Waals surface area contributed by atoms with Crippen LogP contribution >= 0.6 is 0 Å². The van der Waals surface area contributed by atoms with Crippen LogP contribution in [0.15, 0.2) is 29.2 Å². The second-order valence-corrected chi connectivity index (χ2v) is 8.42. The molecule has 0 radical (unpaired) electrons. The Morgan fingerprint density at radius 2 is 1.89 bits per heavy atom. The van der Waals surface area contributed by atoms with Crippen LogP contribution in [0, 0.1) is 10.1 Å². The predicted molar refractivity (Wildman–Crippen MR) is 95.4 cm³/mol. The Hall–Kier alpha value is -2.08. The number of nitrogens with two attached hydrogens (primary N) is 1. The molecule has 2 N–H and O–H groups in total. The number of rotatable bonds is 5. The number of benzene rings is 1. The van der Waals surface area contributed by atoms with Crippen LogP contribution in [0.1, 0.15) is 12.8 Å². The highest BCUT2D eigenvalue weighted by molar-refractivity contribution is 7.89. The van der Waals surface area contributed by atoms with Gasteiger partial charge in [-0.2, -0.15) is 4.31 Å². The van der Waals surface area contributed by atoms with Gasteiger partial charge in [0.25, 0.3) is 11.6 Å². The smallest absolute Gasteiger partial charge is 0.289 e. The molecule has 0 aliphatic carbocycles. The van der Waals surface area contributed by atoms with E-state index in [1.807, 2.05) is 0 Å². The summed E-state index contributed by atoms with van der Waals surface area (Å²) in [7, 11) is -4.01. The lowest BCUT2D eigenvalue weighted by molar-refractivity contribution is -0.387. The number of carbonyl (C=O) groups excluding carboxylic acids is 1. The van der Waals surface area contributed by atoms with Gasteiger partial charge in [0.1, 0.15) is 6.10 Å². The Morgan fingerprint density at radius 1 is 1.22 bits per heavy atom. The molecule has 2 aliphatic rings. The van der Waals surface area contributed by atoms with Crippen molar-refractivity contribution in [3.05, 3.63) is 34.4 Å². The van der Waals surface area contributed by atoms with Gasteiger partial charge >= 0.3 is 0 Å². The molecule has 1 aromatic carbocycles. The second-order valence-electron chi connectivity index (χ2n) is 6.51. The maximum Gasteiger partial charge on any atom is 0.289 e. The molecule has 2 heterocycles. The third-order valence-electron chi connectivity index (χ3n) is 4.88. The minimum Gasteiger partial charge on any atom is -0.364 e. The highest BCUT2D eigenvalue weighted by atomic mass is 32.2. The molecular formula is C16H22N4O6S. The van der Waals surface area contributed by atoms with E-state index < -0.39 is 26.7 Å². The van der Waals surface area contributed by atoms with Gasteiger partial charge in [0.15, 0.2) is 4.90 Å². The molecule has 0 unspecified atom stereocenters. The molecule has 2 fully saturated rings. The van der Waals surface area contributed by atoms with E-state index in [1.54, 1.807) is 4.90 Å². The molecule has 3 rings (SSSR count). The number of carbonyl (C=O) groups is 1. The Bertz CT molecular complexity index is 822. The average Bonchev–Trinajstić information content (AvgIpc) is 3.16. The van der Waals surface area contributed by atoms with Gasteiger partial charge in [0.05, 0.1) is 11.0 Å². The standard InChI is InChI=1S/C16H22N4O6S/c17-11-12-5-6-14(26-12)16(21)18-7-9-19(10-8-18)27(24,25)15-4-2-1-3-13(15)20(22)23/h1-4,12,14H,5-11,17H2/t12-,14+/m1/s1. The minimum atomic E-state index is -4.01. The molecule has 11 heteroatoms. The largest absolute Gasteiger partial charge is 0.364 e. The van der Waals surface area contributed by atoms with Crippen molar-refractivity contribution in [2.75, 3.05) is 32.7 Å². The fraction of sp³-hybridized carbons (Fsp3) is 0.562. The monoisotopic (exact) mass is 398 g/mol. The maximum atomic E-state index is 12.8. The van der Waals surface area contributed by atoms with Gasteiger partial charge in [-0.15, -0.1) is 0 Å². The Balaban J connectivity index is 1.67. The molecule has 2 aliphatic heterocycles. The Morgan fingerprint density at radius 3 is 2.48 bits per heavy atom. The fourth-order valence-electron chi connectivity index (χ4n) is 3.38. The summed E-state index contributed by atoms with van der Waals surface area (Å²) < 4.78 is 32.4. The highest BCUT2D eigenvalue weighted by Gasteiger charge is 2.37. The van der Waals surface area contributed by atoms with Gasteiger partial charge in [-0.05, 0) is 18.9 Å².